The summed E-state index contributed by atoms with van der Waals surface area (Å²) < 4.78 is 0. The van der Waals surface area contributed by atoms with Crippen molar-refractivity contribution in [2.75, 3.05) is 13.1 Å². The lowest BCUT2D eigenvalue weighted by Crippen LogP contribution is -2.45. The lowest BCUT2D eigenvalue weighted by atomic mass is 10.1. The Morgan fingerprint density at radius 1 is 1.03 bits per heavy atom. The fraction of sp³-hybridized carbons (Fsp3) is 0.217. The van der Waals surface area contributed by atoms with E-state index in [4.69, 9.17) is 16.6 Å². The second-order valence-corrected chi connectivity index (χ2v) is 8.99. The van der Waals surface area contributed by atoms with Gasteiger partial charge in [-0.1, -0.05) is 29.8 Å². The van der Waals surface area contributed by atoms with Gasteiger partial charge in [0.2, 0.25) is 0 Å². The summed E-state index contributed by atoms with van der Waals surface area (Å²) in [5.41, 5.74) is 6.74. The second kappa shape index (κ2) is 8.78. The zero-order valence-electron chi connectivity index (χ0n) is 16.7. The predicted octanol–water partition coefficient (Wildman–Crippen LogP) is 4.89. The Bertz CT molecular complexity index is 1160. The molecule has 2 aromatic heterocycles. The Labute approximate surface area is 189 Å². The summed E-state index contributed by atoms with van der Waals surface area (Å²) >= 11 is 7.62. The van der Waals surface area contributed by atoms with Crippen LogP contribution < -0.4 is 5.43 Å². The number of piperidine rings is 1. The SMILES string of the molecule is O=C(NN1CCCCC1)c1ccc2c(c1)N=C(c1ccc(Cl)cn1)c1ccncc1S2. The number of aliphatic imine (C=N–C) groups is 1. The van der Waals surface area contributed by atoms with Crippen molar-refractivity contribution in [2.45, 2.75) is 29.1 Å². The van der Waals surface area contributed by atoms with Crippen molar-refractivity contribution < 1.29 is 4.79 Å². The molecule has 0 spiro atoms. The number of hydrogen-bond donors (Lipinski definition) is 1. The zero-order valence-corrected chi connectivity index (χ0v) is 18.3. The molecule has 2 aliphatic heterocycles. The minimum atomic E-state index is -0.112. The van der Waals surface area contributed by atoms with E-state index in [2.05, 4.69) is 15.4 Å². The number of nitrogens with one attached hydrogen (secondary N) is 1. The maximum absolute atomic E-state index is 12.8. The van der Waals surface area contributed by atoms with Crippen LogP contribution in [0.3, 0.4) is 0 Å². The molecule has 0 bridgehead atoms. The van der Waals surface area contributed by atoms with E-state index in [0.29, 0.717) is 16.3 Å². The summed E-state index contributed by atoms with van der Waals surface area (Å²) in [7, 11) is 0. The summed E-state index contributed by atoms with van der Waals surface area (Å²) in [4.78, 5) is 28.5. The molecule has 1 amide bonds. The van der Waals surface area contributed by atoms with Crippen molar-refractivity contribution in [3.63, 3.8) is 0 Å². The summed E-state index contributed by atoms with van der Waals surface area (Å²) in [5.74, 6) is -0.112. The molecule has 1 fully saturated rings. The van der Waals surface area contributed by atoms with Gasteiger partial charge in [0.05, 0.1) is 22.1 Å². The number of hydrazine groups is 1. The van der Waals surface area contributed by atoms with E-state index in [0.717, 1.165) is 52.7 Å². The monoisotopic (exact) mass is 449 g/mol. The lowest BCUT2D eigenvalue weighted by molar-refractivity contribution is 0.0750. The quantitative estimate of drug-likeness (QED) is 0.482. The first-order valence-electron chi connectivity index (χ1n) is 10.2. The van der Waals surface area contributed by atoms with Gasteiger partial charge in [-0.3, -0.25) is 20.2 Å². The molecule has 1 saturated heterocycles. The number of carbonyl (C=O) groups excluding carboxylic acids is 1. The molecule has 5 rings (SSSR count). The number of amides is 1. The number of pyridine rings is 2. The van der Waals surface area contributed by atoms with Crippen molar-refractivity contribution >= 4 is 40.7 Å². The predicted molar refractivity (Wildman–Crippen MR) is 122 cm³/mol. The van der Waals surface area contributed by atoms with Gasteiger partial charge >= 0.3 is 0 Å². The summed E-state index contributed by atoms with van der Waals surface area (Å²) in [6.45, 7) is 1.78. The molecule has 3 aromatic rings. The first-order chi connectivity index (χ1) is 15.2. The highest BCUT2D eigenvalue weighted by Gasteiger charge is 2.21. The summed E-state index contributed by atoms with van der Waals surface area (Å²) in [6, 6.07) is 11.2. The van der Waals surface area contributed by atoms with Crippen LogP contribution in [0.15, 0.2) is 69.8 Å². The van der Waals surface area contributed by atoms with Gasteiger partial charge in [-0.15, -0.1) is 0 Å². The van der Waals surface area contributed by atoms with Gasteiger partial charge < -0.3 is 0 Å². The highest BCUT2D eigenvalue weighted by atomic mass is 35.5. The van der Waals surface area contributed by atoms with Crippen molar-refractivity contribution in [2.24, 2.45) is 4.99 Å². The largest absolute Gasteiger partial charge is 0.285 e. The molecule has 0 atom stereocenters. The number of rotatable bonds is 3. The van der Waals surface area contributed by atoms with Gasteiger partial charge in [0.25, 0.3) is 5.91 Å². The first-order valence-corrected chi connectivity index (χ1v) is 11.4. The number of benzene rings is 1. The molecule has 8 heteroatoms. The Kier molecular flexibility index (Phi) is 5.72. The van der Waals surface area contributed by atoms with Gasteiger partial charge in [0.1, 0.15) is 0 Å². The Hall–Kier alpha value is -2.74. The van der Waals surface area contributed by atoms with Gasteiger partial charge in [0, 0.05) is 52.6 Å². The first kappa shape index (κ1) is 20.2. The minimum absolute atomic E-state index is 0.112. The molecule has 0 unspecified atom stereocenters. The molecular weight excluding hydrogens is 430 g/mol. The number of fused-ring (bicyclic) bond motifs is 2. The number of carbonyl (C=O) groups is 1. The van der Waals surface area contributed by atoms with Crippen LogP contribution in [0.25, 0.3) is 0 Å². The highest BCUT2D eigenvalue weighted by molar-refractivity contribution is 7.99. The standard InChI is InChI=1S/C23H20ClN5OS/c24-16-5-6-18(26-13-16)22-17-8-9-25-14-21(17)31-20-7-4-15(12-19(20)27-22)23(30)28-29-10-2-1-3-11-29/h4-9,12-14H,1-3,10-11H2,(H,28,30). The molecule has 1 N–H and O–H groups in total. The Balaban J connectivity index is 1.54. The van der Waals surface area contributed by atoms with E-state index in [1.54, 1.807) is 30.2 Å². The third kappa shape index (κ3) is 4.35. The second-order valence-electron chi connectivity index (χ2n) is 7.47. The van der Waals surface area contributed by atoms with Crippen LogP contribution in [0.4, 0.5) is 5.69 Å². The van der Waals surface area contributed by atoms with Crippen LogP contribution in [0.1, 0.15) is 40.9 Å². The molecular formula is C23H20ClN5OS. The van der Waals surface area contributed by atoms with E-state index in [9.17, 15) is 4.79 Å². The average Bonchev–Trinajstić information content (AvgIpc) is 2.96. The van der Waals surface area contributed by atoms with Crippen LogP contribution in [-0.2, 0) is 0 Å². The molecule has 1 aromatic carbocycles. The summed E-state index contributed by atoms with van der Waals surface area (Å²) in [6.07, 6.45) is 8.62. The number of hydrogen-bond acceptors (Lipinski definition) is 6. The molecule has 6 nitrogen and oxygen atoms in total. The topological polar surface area (TPSA) is 70.5 Å². The van der Waals surface area contributed by atoms with Crippen molar-refractivity contribution in [3.05, 3.63) is 76.8 Å². The number of halogens is 1. The third-order valence-electron chi connectivity index (χ3n) is 5.30. The van der Waals surface area contributed by atoms with Gasteiger partial charge in [-0.25, -0.2) is 10.0 Å². The molecule has 156 valence electrons. The molecule has 4 heterocycles. The number of nitrogens with zero attached hydrogens (tertiary/aromatic N) is 4. The van der Waals surface area contributed by atoms with Crippen LogP contribution in [-0.4, -0.2) is 39.7 Å². The minimum Gasteiger partial charge on any atom is -0.285 e. The van der Waals surface area contributed by atoms with Crippen molar-refractivity contribution in [3.8, 4) is 0 Å². The average molecular weight is 450 g/mol. The van der Waals surface area contributed by atoms with Crippen molar-refractivity contribution in [1.82, 2.24) is 20.4 Å². The van der Waals surface area contributed by atoms with Gasteiger partial charge in [0.15, 0.2) is 0 Å². The maximum Gasteiger partial charge on any atom is 0.265 e. The summed E-state index contributed by atoms with van der Waals surface area (Å²) in [5, 5.41) is 2.57. The zero-order chi connectivity index (χ0) is 21.2. The van der Waals surface area contributed by atoms with Crippen LogP contribution in [0.2, 0.25) is 5.02 Å². The Morgan fingerprint density at radius 3 is 2.71 bits per heavy atom. The van der Waals surface area contributed by atoms with E-state index in [1.165, 1.54) is 6.42 Å². The van der Waals surface area contributed by atoms with Crippen LogP contribution >= 0.6 is 23.4 Å². The highest BCUT2D eigenvalue weighted by Crippen LogP contribution is 2.41. The van der Waals surface area contributed by atoms with E-state index < -0.39 is 0 Å². The van der Waals surface area contributed by atoms with Gasteiger partial charge in [-0.05, 0) is 49.2 Å². The maximum atomic E-state index is 12.8. The smallest absolute Gasteiger partial charge is 0.265 e. The molecule has 0 radical (unpaired) electrons. The van der Waals surface area contributed by atoms with Crippen molar-refractivity contribution in [1.29, 1.82) is 0 Å². The van der Waals surface area contributed by atoms with Crippen LogP contribution in [0, 0.1) is 0 Å². The molecule has 31 heavy (non-hydrogen) atoms. The normalized spacial score (nSPS) is 16.0. The van der Waals surface area contributed by atoms with Crippen LogP contribution in [0.5, 0.6) is 0 Å². The van der Waals surface area contributed by atoms with E-state index in [1.807, 2.05) is 41.5 Å². The molecule has 0 saturated carbocycles. The fourth-order valence-electron chi connectivity index (χ4n) is 3.71. The molecule has 2 aliphatic rings. The Morgan fingerprint density at radius 2 is 1.90 bits per heavy atom. The fourth-order valence-corrected chi connectivity index (χ4v) is 4.80. The van der Waals surface area contributed by atoms with E-state index in [-0.39, 0.29) is 5.91 Å². The van der Waals surface area contributed by atoms with Gasteiger partial charge in [-0.2, -0.15) is 0 Å². The molecule has 0 aliphatic carbocycles. The number of aromatic nitrogens is 2. The third-order valence-corrected chi connectivity index (χ3v) is 6.63. The lowest BCUT2D eigenvalue weighted by Gasteiger charge is -2.26. The van der Waals surface area contributed by atoms with E-state index >= 15 is 0 Å².